The molecule has 0 bridgehead atoms. The van der Waals surface area contributed by atoms with Crippen molar-refractivity contribution in [1.82, 2.24) is 9.80 Å². The molecule has 2 saturated heterocycles. The first kappa shape index (κ1) is 7.53. The molecule has 0 unspecified atom stereocenters. The first-order valence-corrected chi connectivity index (χ1v) is 4.37. The summed E-state index contributed by atoms with van der Waals surface area (Å²) in [5.74, 6) is 0. The van der Waals surface area contributed by atoms with Crippen molar-refractivity contribution >= 4 is 0 Å². The van der Waals surface area contributed by atoms with Crippen molar-refractivity contribution in [3.63, 3.8) is 0 Å². The van der Waals surface area contributed by atoms with E-state index >= 15 is 0 Å². The van der Waals surface area contributed by atoms with Crippen molar-refractivity contribution in [3.05, 3.63) is 0 Å². The predicted octanol–water partition coefficient (Wildman–Crippen LogP) is -0.367. The number of epoxide rings is 1. The summed E-state index contributed by atoms with van der Waals surface area (Å²) >= 11 is 0. The minimum Gasteiger partial charge on any atom is -0.372 e. The first-order valence-electron chi connectivity index (χ1n) is 4.37. The van der Waals surface area contributed by atoms with Crippen molar-refractivity contribution in [2.45, 2.75) is 6.10 Å². The maximum Gasteiger partial charge on any atom is 0.0936 e. The monoisotopic (exact) mass is 156 g/mol. The second kappa shape index (κ2) is 3.09. The van der Waals surface area contributed by atoms with E-state index in [1.54, 1.807) is 0 Å². The van der Waals surface area contributed by atoms with Gasteiger partial charge in [-0.05, 0) is 7.05 Å². The van der Waals surface area contributed by atoms with Gasteiger partial charge in [-0.15, -0.1) is 0 Å². The van der Waals surface area contributed by atoms with Gasteiger partial charge in [0.1, 0.15) is 0 Å². The highest BCUT2D eigenvalue weighted by atomic mass is 16.6. The summed E-state index contributed by atoms with van der Waals surface area (Å²) in [6, 6.07) is 0. The van der Waals surface area contributed by atoms with Crippen LogP contribution in [-0.2, 0) is 4.74 Å². The second-order valence-electron chi connectivity index (χ2n) is 3.56. The summed E-state index contributed by atoms with van der Waals surface area (Å²) in [5, 5.41) is 0. The molecule has 3 heteroatoms. The zero-order valence-electron chi connectivity index (χ0n) is 7.12. The summed E-state index contributed by atoms with van der Waals surface area (Å²) in [5.41, 5.74) is 0. The molecule has 11 heavy (non-hydrogen) atoms. The highest BCUT2D eigenvalue weighted by molar-refractivity contribution is 4.77. The molecule has 0 spiro atoms. The third kappa shape index (κ3) is 2.15. The molecule has 3 nitrogen and oxygen atoms in total. The van der Waals surface area contributed by atoms with Gasteiger partial charge in [-0.2, -0.15) is 0 Å². The van der Waals surface area contributed by atoms with Gasteiger partial charge in [-0.25, -0.2) is 0 Å². The van der Waals surface area contributed by atoms with Crippen molar-refractivity contribution in [2.24, 2.45) is 0 Å². The van der Waals surface area contributed by atoms with E-state index in [-0.39, 0.29) is 0 Å². The molecular weight excluding hydrogens is 140 g/mol. The summed E-state index contributed by atoms with van der Waals surface area (Å²) in [4.78, 5) is 4.88. The molecule has 2 heterocycles. The average molecular weight is 156 g/mol. The van der Waals surface area contributed by atoms with Gasteiger partial charge in [0.2, 0.25) is 0 Å². The lowest BCUT2D eigenvalue weighted by Crippen LogP contribution is -2.45. The molecule has 2 rings (SSSR count). The van der Waals surface area contributed by atoms with Gasteiger partial charge in [-0.3, -0.25) is 4.90 Å². The Balaban J connectivity index is 1.69. The molecule has 0 radical (unpaired) electrons. The predicted molar refractivity (Wildman–Crippen MR) is 43.7 cm³/mol. The van der Waals surface area contributed by atoms with Crippen LogP contribution >= 0.6 is 0 Å². The van der Waals surface area contributed by atoms with E-state index in [0.29, 0.717) is 6.10 Å². The third-order valence-electron chi connectivity index (χ3n) is 2.46. The molecule has 0 saturated carbocycles. The summed E-state index contributed by atoms with van der Waals surface area (Å²) in [6.07, 6.45) is 0.568. The fraction of sp³-hybridized carbons (Fsp3) is 1.00. The van der Waals surface area contributed by atoms with Crippen LogP contribution in [0.5, 0.6) is 0 Å². The molecule has 0 aromatic rings. The Morgan fingerprint density at radius 2 is 1.91 bits per heavy atom. The summed E-state index contributed by atoms with van der Waals surface area (Å²) < 4.78 is 5.18. The van der Waals surface area contributed by atoms with Gasteiger partial charge in [-0.1, -0.05) is 0 Å². The number of hydrogen-bond acceptors (Lipinski definition) is 3. The van der Waals surface area contributed by atoms with Gasteiger partial charge < -0.3 is 9.64 Å². The van der Waals surface area contributed by atoms with E-state index in [2.05, 4.69) is 16.8 Å². The van der Waals surface area contributed by atoms with E-state index in [1.165, 1.54) is 26.2 Å². The zero-order valence-corrected chi connectivity index (χ0v) is 7.12. The highest BCUT2D eigenvalue weighted by Gasteiger charge is 2.26. The van der Waals surface area contributed by atoms with E-state index in [4.69, 9.17) is 4.74 Å². The molecule has 64 valence electrons. The second-order valence-corrected chi connectivity index (χ2v) is 3.56. The van der Waals surface area contributed by atoms with E-state index in [1.807, 2.05) is 0 Å². The Morgan fingerprint density at radius 1 is 1.27 bits per heavy atom. The lowest BCUT2D eigenvalue weighted by molar-refractivity contribution is 0.144. The summed E-state index contributed by atoms with van der Waals surface area (Å²) in [7, 11) is 2.19. The van der Waals surface area contributed by atoms with Crippen molar-refractivity contribution in [2.75, 3.05) is 46.4 Å². The fourth-order valence-electron chi connectivity index (χ4n) is 1.49. The minimum absolute atomic E-state index is 0.568. The molecule has 1 atom stereocenters. The lowest BCUT2D eigenvalue weighted by atomic mass is 10.3. The SMILES string of the molecule is CN1CCN(C[C@@H]2CO2)CC1. The Morgan fingerprint density at radius 3 is 2.45 bits per heavy atom. The van der Waals surface area contributed by atoms with Crippen LogP contribution in [0.25, 0.3) is 0 Å². The number of likely N-dealkylation sites (N-methyl/N-ethyl adjacent to an activating group) is 1. The van der Waals surface area contributed by atoms with Gasteiger partial charge in [0, 0.05) is 32.7 Å². The van der Waals surface area contributed by atoms with Crippen molar-refractivity contribution in [1.29, 1.82) is 0 Å². The van der Waals surface area contributed by atoms with E-state index in [9.17, 15) is 0 Å². The number of ether oxygens (including phenoxy) is 1. The van der Waals surface area contributed by atoms with Crippen LogP contribution in [0.15, 0.2) is 0 Å². The molecule has 0 aromatic heterocycles. The van der Waals surface area contributed by atoms with Crippen LogP contribution in [0.4, 0.5) is 0 Å². The fourth-order valence-corrected chi connectivity index (χ4v) is 1.49. The Bertz CT molecular complexity index is 128. The lowest BCUT2D eigenvalue weighted by Gasteiger charge is -2.31. The Kier molecular flexibility index (Phi) is 2.11. The van der Waals surface area contributed by atoms with E-state index < -0.39 is 0 Å². The van der Waals surface area contributed by atoms with Crippen LogP contribution < -0.4 is 0 Å². The Hall–Kier alpha value is -0.120. The van der Waals surface area contributed by atoms with E-state index in [0.717, 1.165) is 13.2 Å². The van der Waals surface area contributed by atoms with Gasteiger partial charge in [0.25, 0.3) is 0 Å². The maximum absolute atomic E-state index is 5.18. The van der Waals surface area contributed by atoms with Crippen molar-refractivity contribution < 1.29 is 4.74 Å². The molecule has 2 aliphatic heterocycles. The smallest absolute Gasteiger partial charge is 0.0936 e. The van der Waals surface area contributed by atoms with Crippen LogP contribution in [0, 0.1) is 0 Å². The first-order chi connectivity index (χ1) is 5.34. The minimum atomic E-state index is 0.568. The molecule has 0 N–H and O–H groups in total. The number of rotatable bonds is 2. The van der Waals surface area contributed by atoms with Gasteiger partial charge >= 0.3 is 0 Å². The van der Waals surface area contributed by atoms with Gasteiger partial charge in [0.15, 0.2) is 0 Å². The topological polar surface area (TPSA) is 19.0 Å². The quantitative estimate of drug-likeness (QED) is 0.509. The highest BCUT2D eigenvalue weighted by Crippen LogP contribution is 2.11. The largest absolute Gasteiger partial charge is 0.372 e. The van der Waals surface area contributed by atoms with Crippen LogP contribution in [0.3, 0.4) is 0 Å². The number of nitrogens with zero attached hydrogens (tertiary/aromatic N) is 2. The third-order valence-corrected chi connectivity index (χ3v) is 2.46. The average Bonchev–Trinajstić information content (AvgIpc) is 2.78. The molecular formula is C8H16N2O. The van der Waals surface area contributed by atoms with Crippen LogP contribution in [-0.4, -0.2) is 62.3 Å². The normalized spacial score (nSPS) is 34.1. The summed E-state index contributed by atoms with van der Waals surface area (Å²) in [6.45, 7) is 7.02. The Labute approximate surface area is 67.9 Å². The van der Waals surface area contributed by atoms with Crippen LogP contribution in [0.1, 0.15) is 0 Å². The zero-order chi connectivity index (χ0) is 7.68. The maximum atomic E-state index is 5.18. The molecule has 0 aromatic carbocycles. The molecule has 0 amide bonds. The molecule has 2 aliphatic rings. The molecule has 0 aliphatic carbocycles. The van der Waals surface area contributed by atoms with Crippen molar-refractivity contribution in [3.8, 4) is 0 Å². The molecule has 2 fully saturated rings. The van der Waals surface area contributed by atoms with Crippen LogP contribution in [0.2, 0.25) is 0 Å². The van der Waals surface area contributed by atoms with Gasteiger partial charge in [0.05, 0.1) is 12.7 Å². The number of piperazine rings is 1. The standard InChI is InChI=1S/C8H16N2O/c1-9-2-4-10(5-3-9)6-8-7-11-8/h8H,2-7H2,1H3/t8-/m1/s1. The number of hydrogen-bond donors (Lipinski definition) is 0.